The molecule has 1 heterocycles. The largest absolute Gasteiger partial charge is 0.353 e. The molecular weight excluding hydrogens is 152 g/mol. The van der Waals surface area contributed by atoms with E-state index in [1.54, 1.807) is 0 Å². The van der Waals surface area contributed by atoms with Crippen LogP contribution in [0.5, 0.6) is 0 Å². The Morgan fingerprint density at radius 2 is 2.17 bits per heavy atom. The van der Waals surface area contributed by atoms with Gasteiger partial charge in [0.05, 0.1) is 5.92 Å². The third kappa shape index (κ3) is 1.61. The number of hydrogen-bond donors (Lipinski definition) is 2. The first-order chi connectivity index (χ1) is 5.86. The van der Waals surface area contributed by atoms with Crippen molar-refractivity contribution in [3.63, 3.8) is 0 Å². The average Bonchev–Trinajstić information content (AvgIpc) is 2.47. The Morgan fingerprint density at radius 3 is 2.67 bits per heavy atom. The molecule has 1 saturated carbocycles. The zero-order chi connectivity index (χ0) is 8.39. The van der Waals surface area contributed by atoms with E-state index >= 15 is 0 Å². The molecule has 1 aliphatic heterocycles. The van der Waals surface area contributed by atoms with Crippen LogP contribution in [0.1, 0.15) is 25.7 Å². The molecule has 3 nitrogen and oxygen atoms in total. The van der Waals surface area contributed by atoms with Crippen molar-refractivity contribution < 1.29 is 4.79 Å². The van der Waals surface area contributed by atoms with E-state index in [2.05, 4.69) is 10.6 Å². The molecule has 2 rings (SSSR count). The summed E-state index contributed by atoms with van der Waals surface area (Å²) < 4.78 is 0. The third-order valence-electron chi connectivity index (χ3n) is 2.88. The molecule has 0 aromatic heterocycles. The maximum absolute atomic E-state index is 11.5. The highest BCUT2D eigenvalue weighted by Crippen LogP contribution is 2.19. The van der Waals surface area contributed by atoms with Crippen LogP contribution in [0.15, 0.2) is 0 Å². The van der Waals surface area contributed by atoms with Crippen molar-refractivity contribution in [2.75, 3.05) is 13.1 Å². The molecule has 0 bridgehead atoms. The number of rotatable bonds is 2. The predicted octanol–water partition coefficient (Wildman–Crippen LogP) is 0.265. The van der Waals surface area contributed by atoms with E-state index in [-0.39, 0.29) is 11.8 Å². The van der Waals surface area contributed by atoms with Crippen molar-refractivity contribution in [1.82, 2.24) is 10.6 Å². The molecule has 1 amide bonds. The number of nitrogens with one attached hydrogen (secondary N) is 2. The van der Waals surface area contributed by atoms with E-state index in [0.29, 0.717) is 6.04 Å². The summed E-state index contributed by atoms with van der Waals surface area (Å²) in [5.74, 6) is 0.510. The Bertz CT molecular complexity index is 171. The molecule has 2 aliphatic rings. The fourth-order valence-electron chi connectivity index (χ4n) is 1.75. The van der Waals surface area contributed by atoms with Crippen LogP contribution in [0.2, 0.25) is 0 Å². The van der Waals surface area contributed by atoms with Crippen molar-refractivity contribution in [2.24, 2.45) is 5.92 Å². The second kappa shape index (κ2) is 3.44. The van der Waals surface area contributed by atoms with Crippen molar-refractivity contribution in [2.45, 2.75) is 31.7 Å². The number of carbonyl (C=O) groups excluding carboxylic acids is 1. The maximum atomic E-state index is 11.5. The van der Waals surface area contributed by atoms with Gasteiger partial charge in [-0.25, -0.2) is 0 Å². The molecule has 0 unspecified atom stereocenters. The van der Waals surface area contributed by atoms with Crippen molar-refractivity contribution in [3.05, 3.63) is 0 Å². The molecule has 0 radical (unpaired) electrons. The minimum Gasteiger partial charge on any atom is -0.353 e. The molecule has 12 heavy (non-hydrogen) atoms. The van der Waals surface area contributed by atoms with Crippen LogP contribution in [-0.2, 0) is 4.79 Å². The summed E-state index contributed by atoms with van der Waals surface area (Å²) in [5, 5.41) is 6.28. The summed E-state index contributed by atoms with van der Waals surface area (Å²) in [4.78, 5) is 11.5. The molecule has 1 saturated heterocycles. The highest BCUT2D eigenvalue weighted by Gasteiger charge is 2.26. The third-order valence-corrected chi connectivity index (χ3v) is 2.88. The molecule has 68 valence electrons. The van der Waals surface area contributed by atoms with Gasteiger partial charge in [-0.1, -0.05) is 0 Å². The van der Waals surface area contributed by atoms with Crippen LogP contribution < -0.4 is 10.6 Å². The van der Waals surface area contributed by atoms with Crippen molar-refractivity contribution in [3.8, 4) is 0 Å². The van der Waals surface area contributed by atoms with E-state index in [9.17, 15) is 4.79 Å². The molecule has 1 aliphatic carbocycles. The van der Waals surface area contributed by atoms with Crippen LogP contribution in [-0.4, -0.2) is 25.0 Å². The van der Waals surface area contributed by atoms with Gasteiger partial charge in [-0.3, -0.25) is 4.79 Å². The van der Waals surface area contributed by atoms with Gasteiger partial charge in [-0.05, 0) is 32.2 Å². The van der Waals surface area contributed by atoms with Crippen LogP contribution in [0, 0.1) is 5.92 Å². The van der Waals surface area contributed by atoms with Gasteiger partial charge in [0.15, 0.2) is 0 Å². The molecule has 1 atom stereocenters. The monoisotopic (exact) mass is 168 g/mol. The van der Waals surface area contributed by atoms with E-state index in [1.165, 1.54) is 19.3 Å². The number of amides is 1. The zero-order valence-corrected chi connectivity index (χ0v) is 7.31. The van der Waals surface area contributed by atoms with Gasteiger partial charge in [0.25, 0.3) is 0 Å². The summed E-state index contributed by atoms with van der Waals surface area (Å²) in [6.45, 7) is 1.88. The zero-order valence-electron chi connectivity index (χ0n) is 7.31. The van der Waals surface area contributed by atoms with Gasteiger partial charge in [0.2, 0.25) is 5.91 Å². The second-order valence-corrected chi connectivity index (χ2v) is 3.83. The Morgan fingerprint density at radius 1 is 1.33 bits per heavy atom. The molecule has 0 spiro atoms. The Labute approximate surface area is 72.9 Å². The van der Waals surface area contributed by atoms with E-state index in [0.717, 1.165) is 19.5 Å². The van der Waals surface area contributed by atoms with Gasteiger partial charge < -0.3 is 10.6 Å². The smallest absolute Gasteiger partial charge is 0.224 e. The molecular formula is C9H16N2O. The molecule has 2 fully saturated rings. The lowest BCUT2D eigenvalue weighted by atomic mass is 9.92. The van der Waals surface area contributed by atoms with Crippen molar-refractivity contribution in [1.29, 1.82) is 0 Å². The fraction of sp³-hybridized carbons (Fsp3) is 0.889. The van der Waals surface area contributed by atoms with Gasteiger partial charge >= 0.3 is 0 Å². The Balaban J connectivity index is 1.74. The van der Waals surface area contributed by atoms with E-state index in [4.69, 9.17) is 0 Å². The van der Waals surface area contributed by atoms with E-state index < -0.39 is 0 Å². The van der Waals surface area contributed by atoms with E-state index in [1.807, 2.05) is 0 Å². The van der Waals surface area contributed by atoms with Gasteiger partial charge in [-0.15, -0.1) is 0 Å². The molecule has 3 heteroatoms. The summed E-state index contributed by atoms with van der Waals surface area (Å²) in [7, 11) is 0. The van der Waals surface area contributed by atoms with Gasteiger partial charge in [0, 0.05) is 12.6 Å². The minimum atomic E-state index is 0.241. The molecule has 2 N–H and O–H groups in total. The van der Waals surface area contributed by atoms with Crippen LogP contribution in [0.3, 0.4) is 0 Å². The summed E-state index contributed by atoms with van der Waals surface area (Å²) in [5.41, 5.74) is 0. The SMILES string of the molecule is O=C(NC1CCC1)[C@H]1CCNC1. The van der Waals surface area contributed by atoms with Gasteiger partial charge in [0.1, 0.15) is 0 Å². The quantitative estimate of drug-likeness (QED) is 0.621. The highest BCUT2D eigenvalue weighted by atomic mass is 16.2. The second-order valence-electron chi connectivity index (χ2n) is 3.83. The lowest BCUT2D eigenvalue weighted by Crippen LogP contribution is -2.43. The first-order valence-corrected chi connectivity index (χ1v) is 4.87. The topological polar surface area (TPSA) is 41.1 Å². The van der Waals surface area contributed by atoms with Crippen LogP contribution >= 0.6 is 0 Å². The first-order valence-electron chi connectivity index (χ1n) is 4.87. The summed E-state index contributed by atoms with van der Waals surface area (Å²) >= 11 is 0. The first kappa shape index (κ1) is 8.05. The molecule has 0 aromatic rings. The fourth-order valence-corrected chi connectivity index (χ4v) is 1.75. The van der Waals surface area contributed by atoms with Crippen LogP contribution in [0.25, 0.3) is 0 Å². The lowest BCUT2D eigenvalue weighted by Gasteiger charge is -2.27. The predicted molar refractivity (Wildman–Crippen MR) is 46.8 cm³/mol. The lowest BCUT2D eigenvalue weighted by molar-refractivity contribution is -0.125. The number of carbonyl (C=O) groups is 1. The summed E-state index contributed by atoms with van der Waals surface area (Å²) in [6, 6.07) is 0.498. The Kier molecular flexibility index (Phi) is 2.30. The normalized spacial score (nSPS) is 29.8. The van der Waals surface area contributed by atoms with Crippen molar-refractivity contribution >= 4 is 5.91 Å². The highest BCUT2D eigenvalue weighted by molar-refractivity contribution is 5.79. The molecule has 0 aromatic carbocycles. The van der Waals surface area contributed by atoms with Gasteiger partial charge in [-0.2, -0.15) is 0 Å². The Hall–Kier alpha value is -0.570. The van der Waals surface area contributed by atoms with Crippen LogP contribution in [0.4, 0.5) is 0 Å². The number of hydrogen-bond acceptors (Lipinski definition) is 2. The average molecular weight is 168 g/mol. The minimum absolute atomic E-state index is 0.241. The standard InChI is InChI=1S/C9H16N2O/c12-9(7-4-5-10-6-7)11-8-2-1-3-8/h7-8,10H,1-6H2,(H,11,12)/t7-/m0/s1. The maximum Gasteiger partial charge on any atom is 0.224 e. The summed E-state index contributed by atoms with van der Waals surface area (Å²) in [6.07, 6.45) is 4.67.